The van der Waals surface area contributed by atoms with Crippen LogP contribution in [0.25, 0.3) is 20.4 Å². The second-order valence-corrected chi connectivity index (χ2v) is 16.2. The highest BCUT2D eigenvalue weighted by Crippen LogP contribution is 2.38. The molecule has 2 aliphatic rings. The molecule has 2 fully saturated rings. The molecule has 6 N–H and O–H groups in total. The van der Waals surface area contributed by atoms with Gasteiger partial charge >= 0.3 is 6.09 Å². The van der Waals surface area contributed by atoms with Crippen LogP contribution in [0.2, 0.25) is 0 Å². The number of likely N-dealkylation sites (tertiary alicyclic amines) is 2. The Hall–Kier alpha value is -6.27. The number of nitrogens with two attached hydrogens (primary N) is 2. The molecule has 2 aliphatic heterocycles. The second-order valence-electron chi connectivity index (χ2n) is 14.2. The zero-order chi connectivity index (χ0) is 40.0. The highest BCUT2D eigenvalue weighted by atomic mass is 32.1. The lowest BCUT2D eigenvalue weighted by molar-refractivity contribution is -0.720. The van der Waals surface area contributed by atoms with Crippen LogP contribution in [-0.4, -0.2) is 92.2 Å². The van der Waals surface area contributed by atoms with Crippen LogP contribution in [0.1, 0.15) is 65.1 Å². The van der Waals surface area contributed by atoms with Gasteiger partial charge in [0, 0.05) is 61.6 Å². The van der Waals surface area contributed by atoms with Gasteiger partial charge in [0.15, 0.2) is 0 Å². The number of hydrogen-bond donors (Lipinski definition) is 4. The van der Waals surface area contributed by atoms with E-state index in [1.807, 2.05) is 26.8 Å². The summed E-state index contributed by atoms with van der Waals surface area (Å²) in [5, 5.41) is 21.1. The summed E-state index contributed by atoms with van der Waals surface area (Å²) in [6.07, 6.45) is 3.83. The number of aryl methyl sites for hydroxylation is 3. The summed E-state index contributed by atoms with van der Waals surface area (Å²) in [5.41, 5.74) is 17.6. The smallest absolute Gasteiger partial charge is 0.410 e. The summed E-state index contributed by atoms with van der Waals surface area (Å²) in [6, 6.07) is 11.7. The molecule has 2 saturated heterocycles. The lowest BCUT2D eigenvalue weighted by Crippen LogP contribution is -2.40. The van der Waals surface area contributed by atoms with E-state index < -0.39 is 6.09 Å². The van der Waals surface area contributed by atoms with Crippen LogP contribution in [-0.2, 0) is 6.54 Å². The number of thiophene rings is 2. The van der Waals surface area contributed by atoms with Crippen molar-refractivity contribution in [3.8, 4) is 5.75 Å². The number of para-hydroxylation sites is 1. The Kier molecular flexibility index (Phi) is 10.1. The van der Waals surface area contributed by atoms with Crippen molar-refractivity contribution in [2.45, 2.75) is 52.2 Å². The Bertz CT molecular complexity index is 2560. The van der Waals surface area contributed by atoms with Crippen molar-refractivity contribution in [3.05, 3.63) is 92.7 Å². The number of anilines is 2. The fraction of sp³-hybridized carbons (Fsp3) is 0.308. The van der Waals surface area contributed by atoms with Crippen molar-refractivity contribution in [2.75, 3.05) is 37.6 Å². The zero-order valence-corrected chi connectivity index (χ0v) is 33.1. The van der Waals surface area contributed by atoms with Gasteiger partial charge in [0.05, 0.1) is 28.0 Å². The maximum absolute atomic E-state index is 13.9. The molecule has 0 spiro atoms. The van der Waals surface area contributed by atoms with Gasteiger partial charge in [-0.1, -0.05) is 34.2 Å². The van der Waals surface area contributed by atoms with E-state index in [0.29, 0.717) is 92.2 Å². The molecule has 1 aromatic carbocycles. The maximum Gasteiger partial charge on any atom is 0.415 e. The normalized spacial score (nSPS) is 16.7. The van der Waals surface area contributed by atoms with E-state index in [1.54, 1.807) is 63.3 Å². The fourth-order valence-electron chi connectivity index (χ4n) is 7.32. The molecule has 0 saturated carbocycles. The van der Waals surface area contributed by atoms with Crippen LogP contribution in [0, 0.1) is 20.8 Å². The number of carbonyl (C=O) groups is 4. The van der Waals surface area contributed by atoms with E-state index in [-0.39, 0.29) is 36.3 Å². The Morgan fingerprint density at radius 2 is 1.49 bits per heavy atom. The van der Waals surface area contributed by atoms with Gasteiger partial charge in [-0.15, -0.1) is 16.4 Å². The number of pyridine rings is 1. The number of rotatable bonds is 8. The third-order valence-corrected chi connectivity index (χ3v) is 12.8. The quantitative estimate of drug-likeness (QED) is 0.163. The molecule has 292 valence electrons. The molecule has 4 amide bonds. The van der Waals surface area contributed by atoms with Gasteiger partial charge in [-0.3, -0.25) is 19.4 Å². The Labute approximate surface area is 334 Å². The SMILES string of the molecule is Cc1nnc2sc(C(=O)N3CCC(NC(=O)c4ccncc4)C3)c(N)c2c1C[n+]1nc(C)c(C)c2c(N)c(C(=O)NC3CCN(C(=O)Oc4ccccc4)C3)sc21. The third kappa shape index (κ3) is 7.28. The van der Waals surface area contributed by atoms with Gasteiger partial charge in [-0.05, 0) is 68.5 Å². The highest BCUT2D eigenvalue weighted by Gasteiger charge is 2.34. The lowest BCUT2D eigenvalue weighted by Gasteiger charge is -2.17. The van der Waals surface area contributed by atoms with E-state index in [9.17, 15) is 19.2 Å². The number of nitrogens with zero attached hydrogens (tertiary/aromatic N) is 7. The first kappa shape index (κ1) is 37.6. The van der Waals surface area contributed by atoms with Gasteiger partial charge in [-0.2, -0.15) is 5.10 Å². The largest absolute Gasteiger partial charge is 0.415 e. The average Bonchev–Trinajstić information content (AvgIpc) is 4.02. The van der Waals surface area contributed by atoms with Gasteiger partial charge < -0.3 is 36.6 Å². The van der Waals surface area contributed by atoms with Crippen LogP contribution < -0.4 is 31.5 Å². The molecule has 2 atom stereocenters. The minimum atomic E-state index is -0.470. The predicted molar refractivity (Wildman–Crippen MR) is 215 cm³/mol. The molecule has 0 aliphatic carbocycles. The van der Waals surface area contributed by atoms with Crippen molar-refractivity contribution in [1.82, 2.24) is 40.7 Å². The number of benzene rings is 1. The number of amides is 4. The summed E-state index contributed by atoms with van der Waals surface area (Å²) in [7, 11) is 0. The minimum Gasteiger partial charge on any atom is -0.410 e. The minimum absolute atomic E-state index is 0.209. The molecule has 8 rings (SSSR count). The van der Waals surface area contributed by atoms with Gasteiger partial charge in [0.1, 0.15) is 26.0 Å². The number of nitrogen functional groups attached to an aromatic ring is 2. The summed E-state index contributed by atoms with van der Waals surface area (Å²) >= 11 is 2.42. The van der Waals surface area contributed by atoms with Crippen molar-refractivity contribution in [3.63, 3.8) is 0 Å². The van der Waals surface area contributed by atoms with E-state index in [1.165, 1.54) is 22.7 Å². The average molecular weight is 807 g/mol. The molecule has 18 heteroatoms. The van der Waals surface area contributed by atoms with E-state index in [2.05, 4.69) is 25.8 Å². The third-order valence-electron chi connectivity index (χ3n) is 10.5. The van der Waals surface area contributed by atoms with E-state index in [4.69, 9.17) is 21.3 Å². The van der Waals surface area contributed by atoms with Crippen molar-refractivity contribution in [1.29, 1.82) is 0 Å². The van der Waals surface area contributed by atoms with Crippen LogP contribution in [0.15, 0.2) is 54.9 Å². The molecule has 6 aromatic rings. The summed E-state index contributed by atoms with van der Waals surface area (Å²) in [4.78, 5) is 62.3. The second kappa shape index (κ2) is 15.3. The number of aromatic nitrogens is 5. The molecule has 5 aromatic heterocycles. The first-order valence-corrected chi connectivity index (χ1v) is 20.1. The number of carbonyl (C=O) groups excluding carboxylic acids is 4. The molecule has 0 radical (unpaired) electrons. The first-order chi connectivity index (χ1) is 27.5. The molecule has 57 heavy (non-hydrogen) atoms. The number of fused-ring (bicyclic) bond motifs is 2. The van der Waals surface area contributed by atoms with Crippen molar-refractivity contribution >= 4 is 78.3 Å². The summed E-state index contributed by atoms with van der Waals surface area (Å²) in [5.74, 6) is -0.338. The Morgan fingerprint density at radius 3 is 2.23 bits per heavy atom. The van der Waals surface area contributed by atoms with E-state index >= 15 is 0 Å². The van der Waals surface area contributed by atoms with E-state index in [0.717, 1.165) is 22.2 Å². The first-order valence-electron chi connectivity index (χ1n) is 18.4. The highest BCUT2D eigenvalue weighted by molar-refractivity contribution is 7.21. The molecule has 7 heterocycles. The van der Waals surface area contributed by atoms with Crippen molar-refractivity contribution < 1.29 is 28.6 Å². The molecular formula is C39H40N11O5S2+. The molecule has 0 bridgehead atoms. The van der Waals surface area contributed by atoms with Gasteiger partial charge in [-0.25, -0.2) is 4.79 Å². The molecule has 16 nitrogen and oxygen atoms in total. The fourth-order valence-corrected chi connectivity index (χ4v) is 9.49. The lowest BCUT2D eigenvalue weighted by atomic mass is 10.1. The van der Waals surface area contributed by atoms with Crippen LogP contribution in [0.3, 0.4) is 0 Å². The topological polar surface area (TPSA) is 216 Å². The van der Waals surface area contributed by atoms with Crippen LogP contribution >= 0.6 is 22.7 Å². The number of hydrogen-bond acceptors (Lipinski definition) is 13. The summed E-state index contributed by atoms with van der Waals surface area (Å²) < 4.78 is 7.28. The summed E-state index contributed by atoms with van der Waals surface area (Å²) in [6.45, 7) is 7.41. The standard InChI is InChI=1S/C39H39N11O5S2/c1-20-21(2)47-50(38-28(20)30(40)32(57-38)35(52)44-25-12-16-49(18-25)39(54)55-26-7-5-4-6-8-26)19-27-22(3)45-46-36-29(27)31(41)33(56-36)37(53)48-15-11-24(17-48)43-34(51)23-9-13-42-14-10-23/h4-10,13-14,24-25H,11-12,15-19H2,1-3H3,(H5-,40,41,43,44,51,52,53)/p+1. The number of ether oxygens (including phenoxy) is 1. The zero-order valence-electron chi connectivity index (χ0n) is 31.4. The maximum atomic E-state index is 13.9. The Morgan fingerprint density at radius 1 is 0.825 bits per heavy atom. The molecule has 2 unspecified atom stereocenters. The molecular weight excluding hydrogens is 767 g/mol. The monoisotopic (exact) mass is 806 g/mol. The van der Waals surface area contributed by atoms with Crippen LogP contribution in [0.5, 0.6) is 5.75 Å². The predicted octanol–water partition coefficient (Wildman–Crippen LogP) is 3.77. The van der Waals surface area contributed by atoms with Crippen LogP contribution in [0.4, 0.5) is 16.2 Å². The Balaban J connectivity index is 1.02. The van der Waals surface area contributed by atoms with Gasteiger partial charge in [0.25, 0.3) is 22.6 Å². The van der Waals surface area contributed by atoms with Crippen molar-refractivity contribution in [2.24, 2.45) is 0 Å². The number of nitrogens with one attached hydrogen (secondary N) is 2. The van der Waals surface area contributed by atoms with Gasteiger partial charge in [0.2, 0.25) is 6.54 Å².